The Bertz CT molecular complexity index is 789. The lowest BCUT2D eigenvalue weighted by Gasteiger charge is -2.03. The number of aromatic nitrogens is 4. The van der Waals surface area contributed by atoms with Crippen LogP contribution in [0.25, 0.3) is 22.4 Å². The SMILES string of the molecule is Cn1ncc(-c2nc3ccccc3n2CC#N)c1N. The molecule has 2 aromatic heterocycles. The number of rotatable bonds is 2. The Hall–Kier alpha value is -2.81. The van der Waals surface area contributed by atoms with Crippen molar-refractivity contribution in [3.05, 3.63) is 30.5 Å². The Balaban J connectivity index is 2.31. The number of benzene rings is 1. The first kappa shape index (κ1) is 11.3. The highest BCUT2D eigenvalue weighted by molar-refractivity contribution is 5.82. The summed E-state index contributed by atoms with van der Waals surface area (Å²) in [6.45, 7) is 0.226. The van der Waals surface area contributed by atoms with E-state index in [2.05, 4.69) is 16.2 Å². The number of nitrogens with two attached hydrogens (primary N) is 1. The molecule has 0 amide bonds. The van der Waals surface area contributed by atoms with Crippen molar-refractivity contribution in [3.63, 3.8) is 0 Å². The lowest BCUT2D eigenvalue weighted by Crippen LogP contribution is -2.02. The quantitative estimate of drug-likeness (QED) is 0.749. The Labute approximate surface area is 109 Å². The monoisotopic (exact) mass is 252 g/mol. The van der Waals surface area contributed by atoms with Gasteiger partial charge in [-0.05, 0) is 12.1 Å². The van der Waals surface area contributed by atoms with Crippen molar-refractivity contribution in [3.8, 4) is 17.5 Å². The van der Waals surface area contributed by atoms with E-state index in [1.165, 1.54) is 0 Å². The highest BCUT2D eigenvalue weighted by Crippen LogP contribution is 2.28. The third-order valence-corrected chi connectivity index (χ3v) is 3.11. The topological polar surface area (TPSA) is 85.5 Å². The van der Waals surface area contributed by atoms with Crippen molar-refractivity contribution < 1.29 is 0 Å². The minimum atomic E-state index is 0.226. The summed E-state index contributed by atoms with van der Waals surface area (Å²) in [6.07, 6.45) is 1.67. The van der Waals surface area contributed by atoms with Crippen LogP contribution in [0.2, 0.25) is 0 Å². The Kier molecular flexibility index (Phi) is 2.46. The molecular formula is C13H12N6. The van der Waals surface area contributed by atoms with Crippen LogP contribution >= 0.6 is 0 Å². The number of nitriles is 1. The zero-order valence-corrected chi connectivity index (χ0v) is 10.4. The molecule has 3 aromatic rings. The van der Waals surface area contributed by atoms with E-state index >= 15 is 0 Å². The first-order valence-corrected chi connectivity index (χ1v) is 5.82. The van der Waals surface area contributed by atoms with Gasteiger partial charge in [0.05, 0.1) is 28.9 Å². The molecule has 19 heavy (non-hydrogen) atoms. The second kappa shape index (κ2) is 4.14. The number of imidazole rings is 1. The fraction of sp³-hybridized carbons (Fsp3) is 0.154. The van der Waals surface area contributed by atoms with Gasteiger partial charge >= 0.3 is 0 Å². The first-order valence-electron chi connectivity index (χ1n) is 5.82. The molecular weight excluding hydrogens is 240 g/mol. The molecule has 2 N–H and O–H groups in total. The minimum Gasteiger partial charge on any atom is -0.383 e. The molecule has 0 aliphatic heterocycles. The number of anilines is 1. The molecule has 2 heterocycles. The van der Waals surface area contributed by atoms with Crippen molar-refractivity contribution in [2.75, 3.05) is 5.73 Å². The lowest BCUT2D eigenvalue weighted by molar-refractivity contribution is 0.779. The maximum Gasteiger partial charge on any atom is 0.147 e. The third kappa shape index (κ3) is 1.64. The summed E-state index contributed by atoms with van der Waals surface area (Å²) in [7, 11) is 1.77. The first-order chi connectivity index (χ1) is 9.22. The van der Waals surface area contributed by atoms with E-state index in [1.807, 2.05) is 28.8 Å². The number of para-hydroxylation sites is 2. The standard InChI is InChI=1S/C13H12N6/c1-18-12(15)9(8-16-18)13-17-10-4-2-3-5-11(10)19(13)7-6-14/h2-5,8H,7,15H2,1H3. The van der Waals surface area contributed by atoms with Gasteiger partial charge in [0.1, 0.15) is 18.2 Å². The number of hydrogen-bond donors (Lipinski definition) is 1. The van der Waals surface area contributed by atoms with Gasteiger partial charge in [-0.2, -0.15) is 10.4 Å². The van der Waals surface area contributed by atoms with E-state index in [4.69, 9.17) is 11.0 Å². The molecule has 0 spiro atoms. The van der Waals surface area contributed by atoms with Crippen LogP contribution in [0.1, 0.15) is 0 Å². The fourth-order valence-electron chi connectivity index (χ4n) is 2.13. The fourth-order valence-corrected chi connectivity index (χ4v) is 2.13. The van der Waals surface area contributed by atoms with Gasteiger partial charge in [0.2, 0.25) is 0 Å². The van der Waals surface area contributed by atoms with Gasteiger partial charge in [-0.1, -0.05) is 12.1 Å². The van der Waals surface area contributed by atoms with Crippen molar-refractivity contribution in [2.45, 2.75) is 6.54 Å². The Morgan fingerprint density at radius 1 is 1.37 bits per heavy atom. The molecule has 0 bridgehead atoms. The zero-order valence-electron chi connectivity index (χ0n) is 10.4. The second-order valence-electron chi connectivity index (χ2n) is 4.24. The minimum absolute atomic E-state index is 0.226. The molecule has 0 aliphatic carbocycles. The molecule has 0 fully saturated rings. The van der Waals surface area contributed by atoms with Gasteiger partial charge in [0.25, 0.3) is 0 Å². The largest absolute Gasteiger partial charge is 0.383 e. The van der Waals surface area contributed by atoms with Crippen LogP contribution in [-0.4, -0.2) is 19.3 Å². The van der Waals surface area contributed by atoms with Gasteiger partial charge in [0, 0.05) is 7.05 Å². The van der Waals surface area contributed by atoms with E-state index in [9.17, 15) is 0 Å². The third-order valence-electron chi connectivity index (χ3n) is 3.11. The van der Waals surface area contributed by atoms with Crippen LogP contribution in [0.3, 0.4) is 0 Å². The van der Waals surface area contributed by atoms with Crippen molar-refractivity contribution >= 4 is 16.9 Å². The summed E-state index contributed by atoms with van der Waals surface area (Å²) >= 11 is 0. The summed E-state index contributed by atoms with van der Waals surface area (Å²) < 4.78 is 3.44. The lowest BCUT2D eigenvalue weighted by atomic mass is 10.3. The summed E-state index contributed by atoms with van der Waals surface area (Å²) in [4.78, 5) is 4.55. The van der Waals surface area contributed by atoms with E-state index in [0.29, 0.717) is 11.6 Å². The molecule has 3 rings (SSSR count). The molecule has 1 aromatic carbocycles. The molecule has 6 nitrogen and oxygen atoms in total. The summed E-state index contributed by atoms with van der Waals surface area (Å²) in [6, 6.07) is 9.85. The highest BCUT2D eigenvalue weighted by Gasteiger charge is 2.16. The highest BCUT2D eigenvalue weighted by atomic mass is 15.3. The average Bonchev–Trinajstić information content (AvgIpc) is 2.93. The van der Waals surface area contributed by atoms with Crippen molar-refractivity contribution in [2.24, 2.45) is 7.05 Å². The molecule has 0 saturated heterocycles. The van der Waals surface area contributed by atoms with Gasteiger partial charge < -0.3 is 10.3 Å². The van der Waals surface area contributed by atoms with Crippen LogP contribution in [0.15, 0.2) is 30.5 Å². The van der Waals surface area contributed by atoms with E-state index in [1.54, 1.807) is 17.9 Å². The number of hydrogen-bond acceptors (Lipinski definition) is 4. The normalized spacial score (nSPS) is 10.7. The predicted octanol–water partition coefficient (Wildman–Crippen LogP) is 1.54. The predicted molar refractivity (Wildman–Crippen MR) is 72.0 cm³/mol. The van der Waals surface area contributed by atoms with Crippen molar-refractivity contribution in [1.82, 2.24) is 19.3 Å². The summed E-state index contributed by atoms with van der Waals surface area (Å²) in [5.74, 6) is 1.21. The average molecular weight is 252 g/mol. The van der Waals surface area contributed by atoms with Gasteiger partial charge in [-0.3, -0.25) is 4.68 Å². The van der Waals surface area contributed by atoms with Crippen LogP contribution in [-0.2, 0) is 13.6 Å². The zero-order chi connectivity index (χ0) is 13.4. The number of nitrogen functional groups attached to an aromatic ring is 1. The molecule has 6 heteroatoms. The van der Waals surface area contributed by atoms with Gasteiger partial charge in [-0.15, -0.1) is 0 Å². The smallest absolute Gasteiger partial charge is 0.147 e. The summed E-state index contributed by atoms with van der Waals surface area (Å²) in [5, 5.41) is 13.1. The number of aryl methyl sites for hydroxylation is 1. The van der Waals surface area contributed by atoms with E-state index in [0.717, 1.165) is 16.6 Å². The molecule has 0 aliphatic rings. The molecule has 0 saturated carbocycles. The van der Waals surface area contributed by atoms with Crippen LogP contribution in [0.4, 0.5) is 5.82 Å². The molecule has 0 unspecified atom stereocenters. The van der Waals surface area contributed by atoms with Crippen molar-refractivity contribution in [1.29, 1.82) is 5.26 Å². The molecule has 94 valence electrons. The van der Waals surface area contributed by atoms with Gasteiger partial charge in [0.15, 0.2) is 0 Å². The number of fused-ring (bicyclic) bond motifs is 1. The number of nitrogens with zero attached hydrogens (tertiary/aromatic N) is 5. The Morgan fingerprint density at radius 3 is 2.84 bits per heavy atom. The van der Waals surface area contributed by atoms with Gasteiger partial charge in [-0.25, -0.2) is 4.98 Å². The van der Waals surface area contributed by atoms with Crippen LogP contribution in [0.5, 0.6) is 0 Å². The second-order valence-corrected chi connectivity index (χ2v) is 4.24. The van der Waals surface area contributed by atoms with E-state index < -0.39 is 0 Å². The maximum atomic E-state index is 8.99. The summed E-state index contributed by atoms with van der Waals surface area (Å²) in [5.41, 5.74) is 8.49. The van der Waals surface area contributed by atoms with E-state index in [-0.39, 0.29) is 6.54 Å². The molecule has 0 radical (unpaired) electrons. The van der Waals surface area contributed by atoms with Crippen LogP contribution in [0, 0.1) is 11.3 Å². The Morgan fingerprint density at radius 2 is 2.16 bits per heavy atom. The van der Waals surface area contributed by atoms with Crippen LogP contribution < -0.4 is 5.73 Å². The molecule has 0 atom stereocenters. The maximum absolute atomic E-state index is 8.99.